The fourth-order valence-corrected chi connectivity index (χ4v) is 9.65. The van der Waals surface area contributed by atoms with Crippen molar-refractivity contribution in [3.63, 3.8) is 0 Å². The summed E-state index contributed by atoms with van der Waals surface area (Å²) in [5.74, 6) is 4.35. The van der Waals surface area contributed by atoms with Crippen molar-refractivity contribution in [3.05, 3.63) is 0 Å². The van der Waals surface area contributed by atoms with Crippen LogP contribution in [0.1, 0.15) is 99.3 Å². The smallest absolute Gasteiger partial charge is 0.133 e. The van der Waals surface area contributed by atoms with Crippen LogP contribution in [0.15, 0.2) is 0 Å². The minimum absolute atomic E-state index is 0.104. The SMILES string of the molecule is CC[C@@H](C)C1CCC2C3CCC4(C(C)C)CC(=O)CCC4(C)C3C(O)C[C@@]21C. The molecule has 4 aliphatic carbocycles. The number of aliphatic hydroxyl groups excluding tert-OH is 1. The fraction of sp³-hybridized carbons (Fsp3) is 0.962. The first-order chi connectivity index (χ1) is 13.1. The van der Waals surface area contributed by atoms with Crippen LogP contribution in [0.4, 0.5) is 0 Å². The van der Waals surface area contributed by atoms with E-state index in [0.717, 1.165) is 43.4 Å². The molecule has 28 heavy (non-hydrogen) atoms. The molecular weight excluding hydrogens is 344 g/mol. The van der Waals surface area contributed by atoms with Crippen LogP contribution in [-0.2, 0) is 4.79 Å². The topological polar surface area (TPSA) is 37.3 Å². The van der Waals surface area contributed by atoms with E-state index in [0.29, 0.717) is 29.0 Å². The Morgan fingerprint density at radius 3 is 2.46 bits per heavy atom. The first-order valence-electron chi connectivity index (χ1n) is 12.3. The van der Waals surface area contributed by atoms with Crippen LogP contribution in [-0.4, -0.2) is 17.0 Å². The van der Waals surface area contributed by atoms with Gasteiger partial charge in [-0.25, -0.2) is 0 Å². The Morgan fingerprint density at radius 2 is 1.82 bits per heavy atom. The van der Waals surface area contributed by atoms with Gasteiger partial charge in [0, 0.05) is 12.8 Å². The van der Waals surface area contributed by atoms with Gasteiger partial charge in [-0.05, 0) is 90.3 Å². The van der Waals surface area contributed by atoms with Crippen molar-refractivity contribution in [2.45, 2.75) is 105 Å². The van der Waals surface area contributed by atoms with Crippen molar-refractivity contribution in [1.82, 2.24) is 0 Å². The van der Waals surface area contributed by atoms with Gasteiger partial charge in [0.05, 0.1) is 6.10 Å². The summed E-state index contributed by atoms with van der Waals surface area (Å²) in [6, 6.07) is 0. The molecule has 4 saturated carbocycles. The molecule has 1 N–H and O–H groups in total. The van der Waals surface area contributed by atoms with Crippen molar-refractivity contribution >= 4 is 5.78 Å². The molecule has 2 heteroatoms. The number of ketones is 1. The summed E-state index contributed by atoms with van der Waals surface area (Å²) in [6.07, 6.45) is 9.71. The van der Waals surface area contributed by atoms with Crippen LogP contribution in [0.2, 0.25) is 0 Å². The molecule has 0 heterocycles. The molecule has 0 bridgehead atoms. The predicted octanol–water partition coefficient (Wildman–Crippen LogP) is 6.26. The molecule has 0 aromatic carbocycles. The molecule has 0 aromatic rings. The van der Waals surface area contributed by atoms with Crippen molar-refractivity contribution in [1.29, 1.82) is 0 Å². The van der Waals surface area contributed by atoms with Gasteiger partial charge in [0.2, 0.25) is 0 Å². The van der Waals surface area contributed by atoms with E-state index in [9.17, 15) is 9.90 Å². The first-order valence-corrected chi connectivity index (χ1v) is 12.3. The summed E-state index contributed by atoms with van der Waals surface area (Å²) in [5, 5.41) is 11.7. The predicted molar refractivity (Wildman–Crippen MR) is 115 cm³/mol. The summed E-state index contributed by atoms with van der Waals surface area (Å²) in [6.45, 7) is 14.5. The average Bonchev–Trinajstić information content (AvgIpc) is 2.97. The van der Waals surface area contributed by atoms with Crippen molar-refractivity contribution in [3.8, 4) is 0 Å². The van der Waals surface area contributed by atoms with E-state index < -0.39 is 0 Å². The Balaban J connectivity index is 1.72. The zero-order chi connectivity index (χ0) is 20.5. The molecule has 4 aliphatic rings. The second-order valence-corrected chi connectivity index (χ2v) is 12.1. The van der Waals surface area contributed by atoms with E-state index in [1.807, 2.05) is 0 Å². The maximum atomic E-state index is 12.5. The van der Waals surface area contributed by atoms with Crippen molar-refractivity contribution < 1.29 is 9.90 Å². The van der Waals surface area contributed by atoms with Crippen LogP contribution < -0.4 is 0 Å². The molecule has 9 atom stereocenters. The lowest BCUT2D eigenvalue weighted by Gasteiger charge is -2.67. The second-order valence-electron chi connectivity index (χ2n) is 12.1. The third-order valence-corrected chi connectivity index (χ3v) is 11.2. The lowest BCUT2D eigenvalue weighted by molar-refractivity contribution is -0.215. The lowest BCUT2D eigenvalue weighted by Crippen LogP contribution is -2.64. The summed E-state index contributed by atoms with van der Waals surface area (Å²) in [7, 11) is 0. The Labute approximate surface area is 173 Å². The van der Waals surface area contributed by atoms with Gasteiger partial charge in [0.1, 0.15) is 5.78 Å². The quantitative estimate of drug-likeness (QED) is 0.620. The number of rotatable bonds is 3. The third kappa shape index (κ3) is 2.58. The highest BCUT2D eigenvalue weighted by Crippen LogP contribution is 2.72. The van der Waals surface area contributed by atoms with Crippen LogP contribution in [0.5, 0.6) is 0 Å². The van der Waals surface area contributed by atoms with E-state index in [2.05, 4.69) is 41.5 Å². The Morgan fingerprint density at radius 1 is 1.11 bits per heavy atom. The molecule has 160 valence electrons. The Bertz CT molecular complexity index is 626. The highest BCUT2D eigenvalue weighted by Gasteiger charge is 2.67. The number of Topliss-reactive ketones (excluding diaryl/α,β-unsaturated/α-hetero) is 1. The molecule has 0 aliphatic heterocycles. The normalized spacial score (nSPS) is 52.1. The highest BCUT2D eigenvalue weighted by atomic mass is 16.3. The van der Waals surface area contributed by atoms with Crippen LogP contribution in [0.25, 0.3) is 0 Å². The van der Waals surface area contributed by atoms with Gasteiger partial charge in [0.25, 0.3) is 0 Å². The summed E-state index contributed by atoms with van der Waals surface area (Å²) < 4.78 is 0. The molecular formula is C26H44O2. The maximum Gasteiger partial charge on any atom is 0.133 e. The van der Waals surface area contributed by atoms with Crippen LogP contribution in [0, 0.1) is 51.8 Å². The zero-order valence-corrected chi connectivity index (χ0v) is 19.3. The van der Waals surface area contributed by atoms with Crippen molar-refractivity contribution in [2.75, 3.05) is 0 Å². The third-order valence-electron chi connectivity index (χ3n) is 11.2. The second kappa shape index (κ2) is 6.82. The number of hydrogen-bond donors (Lipinski definition) is 1. The lowest BCUT2D eigenvalue weighted by atomic mass is 9.37. The molecule has 0 radical (unpaired) electrons. The molecule has 4 rings (SSSR count). The number of hydrogen-bond acceptors (Lipinski definition) is 2. The number of fused-ring (bicyclic) bond motifs is 5. The Hall–Kier alpha value is -0.370. The molecule has 0 saturated heterocycles. The average molecular weight is 389 g/mol. The van der Waals surface area contributed by atoms with Gasteiger partial charge in [-0.15, -0.1) is 0 Å². The van der Waals surface area contributed by atoms with E-state index >= 15 is 0 Å². The minimum Gasteiger partial charge on any atom is -0.393 e. The van der Waals surface area contributed by atoms with Crippen molar-refractivity contribution in [2.24, 2.45) is 51.8 Å². The van der Waals surface area contributed by atoms with Gasteiger partial charge in [-0.3, -0.25) is 4.79 Å². The van der Waals surface area contributed by atoms with E-state index in [1.165, 1.54) is 32.1 Å². The van der Waals surface area contributed by atoms with Crippen LogP contribution >= 0.6 is 0 Å². The fourth-order valence-electron chi connectivity index (χ4n) is 9.65. The summed E-state index contributed by atoms with van der Waals surface area (Å²) in [5.41, 5.74) is 0.537. The molecule has 7 unspecified atom stereocenters. The first kappa shape index (κ1) is 20.9. The summed E-state index contributed by atoms with van der Waals surface area (Å²) >= 11 is 0. The number of carbonyl (C=O) groups excluding carboxylic acids is 1. The highest BCUT2D eigenvalue weighted by molar-refractivity contribution is 5.80. The Kier molecular flexibility index (Phi) is 5.09. The molecule has 0 aromatic heterocycles. The largest absolute Gasteiger partial charge is 0.393 e. The molecule has 0 spiro atoms. The summed E-state index contributed by atoms with van der Waals surface area (Å²) in [4.78, 5) is 12.5. The van der Waals surface area contributed by atoms with Gasteiger partial charge in [-0.2, -0.15) is 0 Å². The van der Waals surface area contributed by atoms with Crippen LogP contribution in [0.3, 0.4) is 0 Å². The van der Waals surface area contributed by atoms with E-state index in [1.54, 1.807) is 0 Å². The molecule has 2 nitrogen and oxygen atoms in total. The minimum atomic E-state index is -0.187. The standard InChI is InChI=1S/C26H44O2/c1-7-17(4)20-8-9-21-19-11-13-26(16(2)3)14-18(27)10-12-25(26,6)23(19)22(28)15-24(20,21)5/h16-17,19-23,28H,7-15H2,1-6H3/t17-,19?,20?,21?,22?,23?,24-,25?,26?/m1/s1. The monoisotopic (exact) mass is 388 g/mol. The van der Waals surface area contributed by atoms with E-state index in [4.69, 9.17) is 0 Å². The maximum absolute atomic E-state index is 12.5. The van der Waals surface area contributed by atoms with Gasteiger partial charge in [0.15, 0.2) is 0 Å². The van der Waals surface area contributed by atoms with Gasteiger partial charge in [-0.1, -0.05) is 48.0 Å². The zero-order valence-electron chi connectivity index (χ0n) is 19.3. The van der Waals surface area contributed by atoms with Gasteiger partial charge >= 0.3 is 0 Å². The van der Waals surface area contributed by atoms with E-state index in [-0.39, 0.29) is 16.9 Å². The number of carbonyl (C=O) groups is 1. The van der Waals surface area contributed by atoms with Gasteiger partial charge < -0.3 is 5.11 Å². The molecule has 0 amide bonds. The number of aliphatic hydroxyl groups is 1. The molecule has 4 fully saturated rings.